The van der Waals surface area contributed by atoms with Gasteiger partial charge in [-0.1, -0.05) is 36.4 Å². The zero-order valence-electron chi connectivity index (χ0n) is 16.8. The molecule has 0 fully saturated rings. The summed E-state index contributed by atoms with van der Waals surface area (Å²) >= 11 is 0. The molecule has 29 heavy (non-hydrogen) atoms. The Morgan fingerprint density at radius 1 is 1.07 bits per heavy atom. The molecule has 0 aliphatic heterocycles. The van der Waals surface area contributed by atoms with Crippen LogP contribution in [0.2, 0.25) is 0 Å². The maximum Gasteiger partial charge on any atom is 0.341 e. The summed E-state index contributed by atoms with van der Waals surface area (Å²) in [5.74, 6) is -0.713. The van der Waals surface area contributed by atoms with Gasteiger partial charge >= 0.3 is 5.97 Å². The summed E-state index contributed by atoms with van der Waals surface area (Å²) in [7, 11) is 4.93. The maximum absolute atomic E-state index is 12.1. The van der Waals surface area contributed by atoms with E-state index in [1.165, 1.54) is 7.11 Å². The first kappa shape index (κ1) is 20.4. The van der Waals surface area contributed by atoms with E-state index in [0.717, 1.165) is 21.2 Å². The predicted molar refractivity (Wildman–Crippen MR) is 111 cm³/mol. The number of phenolic OH excluding ortho intramolecular Hbond substituents is 1. The number of rotatable bonds is 6. The molecule has 3 aromatic rings. The molecule has 0 aliphatic carbocycles. The molecule has 0 spiro atoms. The molecule has 3 aromatic carbocycles. The summed E-state index contributed by atoms with van der Waals surface area (Å²) in [6, 6.07) is 16.8. The lowest BCUT2D eigenvalue weighted by atomic mass is 9.98. The van der Waals surface area contributed by atoms with Crippen LogP contribution in [0.1, 0.15) is 31.8 Å². The number of aromatic hydroxyl groups is 1. The number of amides is 1. The van der Waals surface area contributed by atoms with Gasteiger partial charge in [-0.2, -0.15) is 0 Å². The lowest BCUT2D eigenvalue weighted by Gasteiger charge is -2.18. The molecule has 150 valence electrons. The fourth-order valence-electron chi connectivity index (χ4n) is 3.49. The quantitative estimate of drug-likeness (QED) is 0.559. The highest BCUT2D eigenvalue weighted by molar-refractivity contribution is 6.00. The van der Waals surface area contributed by atoms with Crippen molar-refractivity contribution >= 4 is 22.6 Å². The van der Waals surface area contributed by atoms with Gasteiger partial charge in [-0.05, 0) is 29.0 Å². The number of nitrogens with one attached hydrogen (secondary N) is 2. The van der Waals surface area contributed by atoms with Crippen LogP contribution in [0.15, 0.2) is 54.6 Å². The van der Waals surface area contributed by atoms with E-state index < -0.39 is 5.97 Å². The number of methoxy groups -OCH3 is 1. The standard InChI is InChI=1S/C23H24N2O4/c1-24-22(27)16-10-8-15(9-11-16)13-25(2)14-20-18-7-5-4-6-17(18)12-19(21(20)26)23(28)29-3/h4-12,26H,13-14H2,1-3H3,(H,24,27)/p+1. The minimum atomic E-state index is -0.558. The van der Waals surface area contributed by atoms with Crippen LogP contribution in [0.25, 0.3) is 10.8 Å². The number of phenols is 1. The fraction of sp³-hybridized carbons (Fsp3) is 0.217. The number of ether oxygens (including phenoxy) is 1. The molecule has 0 heterocycles. The normalized spacial score (nSPS) is 11.8. The zero-order valence-corrected chi connectivity index (χ0v) is 16.8. The molecule has 3 rings (SSSR count). The molecule has 1 atom stereocenters. The monoisotopic (exact) mass is 393 g/mol. The van der Waals surface area contributed by atoms with E-state index >= 15 is 0 Å². The second-order valence-electron chi connectivity index (χ2n) is 7.05. The van der Waals surface area contributed by atoms with E-state index in [9.17, 15) is 14.7 Å². The van der Waals surface area contributed by atoms with Crippen molar-refractivity contribution in [3.63, 3.8) is 0 Å². The average molecular weight is 393 g/mol. The van der Waals surface area contributed by atoms with Crippen molar-refractivity contribution < 1.29 is 24.3 Å². The lowest BCUT2D eigenvalue weighted by molar-refractivity contribution is -0.907. The number of hydrogen-bond donors (Lipinski definition) is 3. The third-order valence-corrected chi connectivity index (χ3v) is 4.96. The van der Waals surface area contributed by atoms with Gasteiger partial charge in [0.25, 0.3) is 5.91 Å². The van der Waals surface area contributed by atoms with Crippen molar-refractivity contribution in [2.45, 2.75) is 13.1 Å². The van der Waals surface area contributed by atoms with Gasteiger partial charge in [0, 0.05) is 18.2 Å². The number of fused-ring (bicyclic) bond motifs is 1. The largest absolute Gasteiger partial charge is 0.507 e. The molecule has 0 aliphatic rings. The molecule has 0 saturated heterocycles. The number of carbonyl (C=O) groups excluding carboxylic acids is 2. The lowest BCUT2D eigenvalue weighted by Crippen LogP contribution is -3.06. The van der Waals surface area contributed by atoms with Crippen molar-refractivity contribution in [1.82, 2.24) is 5.32 Å². The van der Waals surface area contributed by atoms with Gasteiger partial charge in [-0.3, -0.25) is 4.79 Å². The van der Waals surface area contributed by atoms with Crippen LogP contribution in [-0.2, 0) is 17.8 Å². The second kappa shape index (κ2) is 8.75. The Morgan fingerprint density at radius 3 is 2.41 bits per heavy atom. The Hall–Kier alpha value is -3.38. The van der Waals surface area contributed by atoms with Crippen LogP contribution in [0, 0.1) is 0 Å². The number of esters is 1. The number of hydrogen-bond acceptors (Lipinski definition) is 4. The van der Waals surface area contributed by atoms with Crippen LogP contribution in [0.3, 0.4) is 0 Å². The highest BCUT2D eigenvalue weighted by Crippen LogP contribution is 2.31. The number of benzene rings is 3. The topological polar surface area (TPSA) is 80.1 Å². The summed E-state index contributed by atoms with van der Waals surface area (Å²) < 4.78 is 4.82. The van der Waals surface area contributed by atoms with E-state index in [1.807, 2.05) is 43.4 Å². The molecule has 0 saturated carbocycles. The summed E-state index contributed by atoms with van der Waals surface area (Å²) in [6.45, 7) is 1.22. The van der Waals surface area contributed by atoms with Crippen molar-refractivity contribution in [2.24, 2.45) is 0 Å². The van der Waals surface area contributed by atoms with Crippen molar-refractivity contribution in [3.05, 3.63) is 76.9 Å². The molecular formula is C23H25N2O4+. The van der Waals surface area contributed by atoms with Gasteiger partial charge < -0.3 is 20.1 Å². The van der Waals surface area contributed by atoms with E-state index in [-0.39, 0.29) is 17.2 Å². The molecule has 1 unspecified atom stereocenters. The van der Waals surface area contributed by atoms with Crippen LogP contribution in [0.4, 0.5) is 0 Å². The minimum absolute atomic E-state index is 0.0372. The molecule has 0 bridgehead atoms. The first-order valence-corrected chi connectivity index (χ1v) is 9.38. The second-order valence-corrected chi connectivity index (χ2v) is 7.05. The first-order valence-electron chi connectivity index (χ1n) is 9.38. The van der Waals surface area contributed by atoms with Crippen LogP contribution in [-0.4, -0.2) is 38.2 Å². The van der Waals surface area contributed by atoms with Gasteiger partial charge in [-0.25, -0.2) is 4.79 Å². The van der Waals surface area contributed by atoms with Gasteiger partial charge in [0.15, 0.2) is 0 Å². The van der Waals surface area contributed by atoms with Gasteiger partial charge in [0.1, 0.15) is 24.4 Å². The predicted octanol–water partition coefficient (Wildman–Crippen LogP) is 1.91. The first-order chi connectivity index (χ1) is 13.9. The molecule has 1 amide bonds. The van der Waals surface area contributed by atoms with Crippen molar-refractivity contribution in [3.8, 4) is 5.75 Å². The third-order valence-electron chi connectivity index (χ3n) is 4.96. The smallest absolute Gasteiger partial charge is 0.341 e. The van der Waals surface area contributed by atoms with Gasteiger partial charge in [0.2, 0.25) is 0 Å². The van der Waals surface area contributed by atoms with Crippen molar-refractivity contribution in [1.29, 1.82) is 0 Å². The fourth-order valence-corrected chi connectivity index (χ4v) is 3.49. The summed E-state index contributed by atoms with van der Waals surface area (Å²) in [6.07, 6.45) is 0. The van der Waals surface area contributed by atoms with E-state index in [1.54, 1.807) is 25.2 Å². The van der Waals surface area contributed by atoms with E-state index in [0.29, 0.717) is 24.2 Å². The zero-order chi connectivity index (χ0) is 21.0. The summed E-state index contributed by atoms with van der Waals surface area (Å²) in [5.41, 5.74) is 2.57. The maximum atomic E-state index is 12.1. The Labute approximate surface area is 169 Å². The minimum Gasteiger partial charge on any atom is -0.507 e. The Kier molecular flexibility index (Phi) is 6.14. The molecule has 6 heteroatoms. The Bertz CT molecular complexity index is 1040. The Morgan fingerprint density at radius 2 is 1.76 bits per heavy atom. The molecular weight excluding hydrogens is 368 g/mol. The average Bonchev–Trinajstić information content (AvgIpc) is 2.74. The van der Waals surface area contributed by atoms with Gasteiger partial charge in [-0.15, -0.1) is 0 Å². The molecule has 6 nitrogen and oxygen atoms in total. The van der Waals surface area contributed by atoms with E-state index in [4.69, 9.17) is 4.74 Å². The van der Waals surface area contributed by atoms with Crippen LogP contribution < -0.4 is 10.2 Å². The third kappa shape index (κ3) is 4.38. The number of carbonyl (C=O) groups is 2. The number of quaternary nitrogens is 1. The van der Waals surface area contributed by atoms with Crippen molar-refractivity contribution in [2.75, 3.05) is 21.2 Å². The highest BCUT2D eigenvalue weighted by atomic mass is 16.5. The van der Waals surface area contributed by atoms with Crippen LogP contribution >= 0.6 is 0 Å². The molecule has 0 aromatic heterocycles. The summed E-state index contributed by atoms with van der Waals surface area (Å²) in [5, 5.41) is 15.2. The van der Waals surface area contributed by atoms with Crippen LogP contribution in [0.5, 0.6) is 5.75 Å². The van der Waals surface area contributed by atoms with E-state index in [2.05, 4.69) is 5.32 Å². The molecule has 3 N–H and O–H groups in total. The summed E-state index contributed by atoms with van der Waals surface area (Å²) in [4.78, 5) is 24.9. The SMILES string of the molecule is CNC(=O)c1ccc(C[NH+](C)Cc2c(O)c(C(=O)OC)cc3ccccc23)cc1. The Balaban J connectivity index is 1.88. The molecule has 0 radical (unpaired) electrons. The van der Waals surface area contributed by atoms with Gasteiger partial charge in [0.05, 0.1) is 19.7 Å². The highest BCUT2D eigenvalue weighted by Gasteiger charge is 2.21.